The van der Waals surface area contributed by atoms with Crippen LogP contribution in [-0.2, 0) is 0 Å². The van der Waals surface area contributed by atoms with Crippen molar-refractivity contribution in [3.05, 3.63) is 180 Å². The van der Waals surface area contributed by atoms with Crippen LogP contribution < -0.4 is 44.8 Å². The van der Waals surface area contributed by atoms with Crippen LogP contribution in [0.2, 0.25) is 0 Å². The predicted molar refractivity (Wildman–Crippen MR) is 287 cm³/mol. The number of ether oxygens (including phenoxy) is 3. The molecular weight excluding hydrogens is 1000 g/mol. The topological polar surface area (TPSA) is 243 Å². The number of rotatable bonds is 6. The average Bonchev–Trinajstić information content (AvgIpc) is 3.38. The van der Waals surface area contributed by atoms with E-state index in [1.165, 1.54) is 36.4 Å². The van der Waals surface area contributed by atoms with Crippen molar-refractivity contribution in [3.8, 4) is 69.0 Å². The summed E-state index contributed by atoms with van der Waals surface area (Å²) in [6.45, 7) is 10.8. The molecule has 0 aliphatic heterocycles. The number of hydrogen-bond donors (Lipinski definition) is 0. The monoisotopic (exact) mass is 1040 g/mol. The average molecular weight is 1040 g/mol. The molecule has 6 aromatic heterocycles. The van der Waals surface area contributed by atoms with E-state index in [2.05, 4.69) is 29.9 Å². The molecule has 0 atom stereocenters. The van der Waals surface area contributed by atoms with Crippen LogP contribution in [0.15, 0.2) is 146 Å². The van der Waals surface area contributed by atoms with Crippen LogP contribution in [0.3, 0.4) is 0 Å². The van der Waals surface area contributed by atoms with E-state index in [-0.39, 0.29) is 69.2 Å². The predicted octanol–water partition coefficient (Wildman–Crippen LogP) is 9.26. The summed E-state index contributed by atoms with van der Waals surface area (Å²) in [5.74, 6) is 2.66. The summed E-state index contributed by atoms with van der Waals surface area (Å²) in [4.78, 5) is 26.2. The molecule has 0 saturated carbocycles. The molecule has 372 valence electrons. The zero-order valence-corrected chi connectivity index (χ0v) is 44.7. The van der Waals surface area contributed by atoms with Crippen molar-refractivity contribution in [1.29, 1.82) is 0 Å². The minimum absolute atomic E-state index is 0. The van der Waals surface area contributed by atoms with Crippen molar-refractivity contribution in [2.45, 2.75) is 41.5 Å². The molecule has 0 spiro atoms. The SMILES string of the molecule is Cc1nc2c([O-])cccc2cc1Oc1cc2cccc([O-])c2nc1C.Cc1nc2c([O-])cccc2cc1Oc1cc2cccc([O-])c2nc1C.Cc1nc2c([O-])cccc2cc1Oc1cc2cccc([O-])c2nc1C.[Al+3].[Al+3]. The minimum atomic E-state index is -0.112. The first-order chi connectivity index (χ1) is 36.1. The summed E-state index contributed by atoms with van der Waals surface area (Å²) in [6.07, 6.45) is 0. The molecular formula is C60H42Al2N6O9. The fourth-order valence-corrected chi connectivity index (χ4v) is 8.44. The largest absolute Gasteiger partial charge is 3.00 e. The van der Waals surface area contributed by atoms with Crippen molar-refractivity contribution in [2.24, 2.45) is 0 Å². The molecule has 0 amide bonds. The molecule has 0 saturated heterocycles. The third-order valence-electron chi connectivity index (χ3n) is 12.4. The Bertz CT molecular complexity index is 3540. The summed E-state index contributed by atoms with van der Waals surface area (Å²) >= 11 is 0. The standard InChI is InChI=1S/3C20H16N2O3.2Al/c3*1-11-17(9-13-5-3-7-15(23)19(13)21-11)25-18-10-14-6-4-8-16(24)20(14)22-12(18)2;;/h3*3-10,23-24H,1-2H3;;/q;;;2*+3/p-6. The molecule has 0 aliphatic carbocycles. The minimum Gasteiger partial charge on any atom is -0.871 e. The maximum atomic E-state index is 11.9. The van der Waals surface area contributed by atoms with Gasteiger partial charge in [-0.2, -0.15) is 0 Å². The Hall–Kier alpha value is -8.96. The Kier molecular flexibility index (Phi) is 15.9. The number of benzene rings is 6. The number of para-hydroxylation sites is 6. The van der Waals surface area contributed by atoms with Crippen LogP contribution in [0.25, 0.3) is 65.4 Å². The summed E-state index contributed by atoms with van der Waals surface area (Å²) in [5, 5.41) is 75.7. The van der Waals surface area contributed by atoms with E-state index in [4.69, 9.17) is 14.2 Å². The van der Waals surface area contributed by atoms with E-state index in [1.807, 2.05) is 36.4 Å². The second-order valence-electron chi connectivity index (χ2n) is 17.7. The molecule has 6 heterocycles. The zero-order valence-electron chi connectivity index (χ0n) is 42.4. The number of hydrogen-bond acceptors (Lipinski definition) is 15. The van der Waals surface area contributed by atoms with Crippen LogP contribution in [0, 0.1) is 41.5 Å². The number of aromatic nitrogens is 6. The molecule has 0 N–H and O–H groups in total. The fraction of sp³-hybridized carbons (Fsp3) is 0.100. The first-order valence-electron chi connectivity index (χ1n) is 23.6. The van der Waals surface area contributed by atoms with E-state index < -0.39 is 0 Å². The smallest absolute Gasteiger partial charge is 0.871 e. The van der Waals surface area contributed by atoms with Gasteiger partial charge in [-0.25, -0.2) is 29.9 Å². The van der Waals surface area contributed by atoms with Gasteiger partial charge in [0.25, 0.3) is 0 Å². The number of nitrogens with zero attached hydrogens (tertiary/aromatic N) is 6. The number of pyridine rings is 6. The maximum absolute atomic E-state index is 11.9. The Labute approximate surface area is 462 Å². The van der Waals surface area contributed by atoms with Gasteiger partial charge in [-0.3, -0.25) is 0 Å². The van der Waals surface area contributed by atoms with E-state index in [0.717, 1.165) is 32.3 Å². The van der Waals surface area contributed by atoms with Crippen molar-refractivity contribution < 1.29 is 44.8 Å². The molecule has 12 rings (SSSR count). The van der Waals surface area contributed by atoms with Crippen molar-refractivity contribution in [2.75, 3.05) is 0 Å². The first kappa shape index (κ1) is 54.3. The van der Waals surface area contributed by atoms with Gasteiger partial charge in [-0.05, 0) is 77.9 Å². The summed E-state index contributed by atoms with van der Waals surface area (Å²) in [5.41, 5.74) is 6.28. The molecule has 6 aromatic carbocycles. The van der Waals surface area contributed by atoms with E-state index in [9.17, 15) is 30.6 Å². The van der Waals surface area contributed by atoms with Crippen LogP contribution in [0.1, 0.15) is 34.2 Å². The van der Waals surface area contributed by atoms with Crippen LogP contribution in [0.5, 0.6) is 69.0 Å². The third-order valence-corrected chi connectivity index (χ3v) is 12.4. The van der Waals surface area contributed by atoms with Gasteiger partial charge >= 0.3 is 34.7 Å². The van der Waals surface area contributed by atoms with E-state index in [0.29, 0.717) is 102 Å². The number of aryl methyl sites for hydroxylation is 6. The van der Waals surface area contributed by atoms with Gasteiger partial charge < -0.3 is 44.8 Å². The Balaban J connectivity index is 0.000000151. The second-order valence-corrected chi connectivity index (χ2v) is 17.7. The molecule has 77 heavy (non-hydrogen) atoms. The molecule has 0 aliphatic rings. The number of fused-ring (bicyclic) bond motifs is 6. The molecule has 12 aromatic rings. The summed E-state index contributed by atoms with van der Waals surface area (Å²) in [6, 6.07) is 40.9. The Morgan fingerprint density at radius 1 is 0.247 bits per heavy atom. The van der Waals surface area contributed by atoms with Gasteiger partial charge in [0.1, 0.15) is 34.5 Å². The van der Waals surface area contributed by atoms with Gasteiger partial charge in [0, 0.05) is 32.3 Å². The van der Waals surface area contributed by atoms with E-state index in [1.54, 1.807) is 114 Å². The van der Waals surface area contributed by atoms with Gasteiger partial charge in [-0.1, -0.05) is 144 Å². The van der Waals surface area contributed by atoms with Gasteiger partial charge in [0.05, 0.1) is 67.3 Å². The van der Waals surface area contributed by atoms with Crippen LogP contribution in [-0.4, -0.2) is 64.6 Å². The fourth-order valence-electron chi connectivity index (χ4n) is 8.44. The summed E-state index contributed by atoms with van der Waals surface area (Å²) < 4.78 is 18.0. The second kappa shape index (κ2) is 22.5. The Morgan fingerprint density at radius 3 is 0.532 bits per heavy atom. The molecule has 0 unspecified atom stereocenters. The molecule has 0 radical (unpaired) electrons. The van der Waals surface area contributed by atoms with Crippen LogP contribution in [0.4, 0.5) is 0 Å². The van der Waals surface area contributed by atoms with Gasteiger partial charge in [0.2, 0.25) is 0 Å². The van der Waals surface area contributed by atoms with E-state index >= 15 is 0 Å². The zero-order chi connectivity index (χ0) is 52.7. The quantitative estimate of drug-likeness (QED) is 0.141. The van der Waals surface area contributed by atoms with Crippen LogP contribution >= 0.6 is 0 Å². The Morgan fingerprint density at radius 2 is 0.390 bits per heavy atom. The molecule has 17 heteroatoms. The molecule has 0 bridgehead atoms. The van der Waals surface area contributed by atoms with Crippen molar-refractivity contribution >= 4 is 100 Å². The first-order valence-corrected chi connectivity index (χ1v) is 23.6. The molecule has 0 fully saturated rings. The van der Waals surface area contributed by atoms with Gasteiger partial charge in [0.15, 0.2) is 0 Å². The third kappa shape index (κ3) is 11.2. The maximum Gasteiger partial charge on any atom is 3.00 e. The van der Waals surface area contributed by atoms with Crippen molar-refractivity contribution in [1.82, 2.24) is 29.9 Å². The summed E-state index contributed by atoms with van der Waals surface area (Å²) in [7, 11) is 0. The molecule has 15 nitrogen and oxygen atoms in total. The van der Waals surface area contributed by atoms with Gasteiger partial charge in [-0.15, -0.1) is 0 Å². The normalized spacial score (nSPS) is 10.8. The van der Waals surface area contributed by atoms with Crippen molar-refractivity contribution in [3.63, 3.8) is 0 Å².